The SMILES string of the molecule is COc1ccc(/C(=C\c2ccc(SC)cc2)C(=O)NCc2ccc(C(=O)NO)cc2)cc1. The van der Waals surface area contributed by atoms with Crippen LogP contribution < -0.4 is 15.5 Å². The van der Waals surface area contributed by atoms with Gasteiger partial charge in [0, 0.05) is 22.6 Å². The summed E-state index contributed by atoms with van der Waals surface area (Å²) in [5.41, 5.74) is 4.97. The van der Waals surface area contributed by atoms with E-state index in [0.29, 0.717) is 23.4 Å². The minimum Gasteiger partial charge on any atom is -0.497 e. The third-order valence-corrected chi connectivity index (χ3v) is 5.59. The van der Waals surface area contributed by atoms with Gasteiger partial charge >= 0.3 is 0 Å². The third kappa shape index (κ3) is 6.00. The molecule has 0 aromatic heterocycles. The number of hydrogen-bond donors (Lipinski definition) is 3. The van der Waals surface area contributed by atoms with Gasteiger partial charge in [-0.15, -0.1) is 11.8 Å². The Bertz CT molecular complexity index is 1090. The number of hydrogen-bond acceptors (Lipinski definition) is 5. The van der Waals surface area contributed by atoms with Crippen molar-refractivity contribution in [2.75, 3.05) is 13.4 Å². The smallest absolute Gasteiger partial charge is 0.274 e. The molecule has 6 nitrogen and oxygen atoms in total. The number of rotatable bonds is 8. The van der Waals surface area contributed by atoms with Gasteiger partial charge in [-0.25, -0.2) is 5.48 Å². The number of hydroxylamine groups is 1. The van der Waals surface area contributed by atoms with Crippen molar-refractivity contribution in [1.29, 1.82) is 0 Å². The fourth-order valence-electron chi connectivity index (χ4n) is 3.03. The Kier molecular flexibility index (Phi) is 8.08. The lowest BCUT2D eigenvalue weighted by Gasteiger charge is -2.11. The molecular weight excluding hydrogens is 424 g/mol. The highest BCUT2D eigenvalue weighted by atomic mass is 32.2. The number of ether oxygens (including phenoxy) is 1. The van der Waals surface area contributed by atoms with Gasteiger partial charge in [-0.3, -0.25) is 14.8 Å². The second-order valence-electron chi connectivity index (χ2n) is 6.88. The Hall–Kier alpha value is -3.55. The Balaban J connectivity index is 1.82. The monoisotopic (exact) mass is 448 g/mol. The highest BCUT2D eigenvalue weighted by molar-refractivity contribution is 7.98. The molecular formula is C25H24N2O4S. The van der Waals surface area contributed by atoms with Crippen molar-refractivity contribution in [3.8, 4) is 5.75 Å². The summed E-state index contributed by atoms with van der Waals surface area (Å²) >= 11 is 1.66. The number of thioether (sulfide) groups is 1. The molecule has 0 bridgehead atoms. The van der Waals surface area contributed by atoms with Crippen molar-refractivity contribution in [2.24, 2.45) is 0 Å². The quantitative estimate of drug-likeness (QED) is 0.156. The van der Waals surface area contributed by atoms with E-state index in [0.717, 1.165) is 21.6 Å². The van der Waals surface area contributed by atoms with Crippen LogP contribution in [0.5, 0.6) is 5.75 Å². The fourth-order valence-corrected chi connectivity index (χ4v) is 3.44. The summed E-state index contributed by atoms with van der Waals surface area (Å²) in [6, 6.07) is 21.9. The number of methoxy groups -OCH3 is 1. The summed E-state index contributed by atoms with van der Waals surface area (Å²) in [6.07, 6.45) is 3.87. The van der Waals surface area contributed by atoms with Gasteiger partial charge in [0.2, 0.25) is 0 Å². The molecule has 32 heavy (non-hydrogen) atoms. The second kappa shape index (κ2) is 11.2. The van der Waals surface area contributed by atoms with Crippen molar-refractivity contribution >= 4 is 35.2 Å². The molecule has 2 amide bonds. The molecule has 3 N–H and O–H groups in total. The first-order valence-corrected chi connectivity index (χ1v) is 11.1. The van der Waals surface area contributed by atoms with Gasteiger partial charge in [-0.05, 0) is 65.4 Å². The minimum absolute atomic E-state index is 0.221. The van der Waals surface area contributed by atoms with E-state index < -0.39 is 5.91 Å². The predicted octanol–water partition coefficient (Wildman–Crippen LogP) is 4.39. The number of carbonyl (C=O) groups excluding carboxylic acids is 2. The molecule has 0 aliphatic rings. The standard InChI is InChI=1S/C25H24N2O4S/c1-31-21-11-9-19(10-12-21)23(15-17-5-13-22(32-2)14-6-17)25(29)26-16-18-3-7-20(8-4-18)24(28)27-30/h3-15,30H,16H2,1-2H3,(H,26,29)(H,27,28)/b23-15+. The molecule has 0 heterocycles. The number of amides is 2. The Morgan fingerprint density at radius 3 is 2.12 bits per heavy atom. The molecule has 3 aromatic rings. The van der Waals surface area contributed by atoms with E-state index in [1.807, 2.05) is 60.9 Å². The van der Waals surface area contributed by atoms with Gasteiger partial charge in [-0.2, -0.15) is 0 Å². The van der Waals surface area contributed by atoms with Gasteiger partial charge in [0.15, 0.2) is 0 Å². The van der Waals surface area contributed by atoms with E-state index in [-0.39, 0.29) is 5.91 Å². The van der Waals surface area contributed by atoms with Crippen LogP contribution in [0.4, 0.5) is 0 Å². The molecule has 0 atom stereocenters. The van der Waals surface area contributed by atoms with E-state index >= 15 is 0 Å². The van der Waals surface area contributed by atoms with E-state index in [9.17, 15) is 9.59 Å². The number of carbonyl (C=O) groups is 2. The molecule has 164 valence electrons. The minimum atomic E-state index is -0.585. The van der Waals surface area contributed by atoms with E-state index in [2.05, 4.69) is 5.32 Å². The topological polar surface area (TPSA) is 87.7 Å². The first-order valence-electron chi connectivity index (χ1n) is 9.86. The average molecular weight is 449 g/mol. The van der Waals surface area contributed by atoms with Crippen LogP contribution in [-0.4, -0.2) is 30.4 Å². The summed E-state index contributed by atoms with van der Waals surface area (Å²) in [4.78, 5) is 25.7. The summed E-state index contributed by atoms with van der Waals surface area (Å²) in [7, 11) is 1.60. The van der Waals surface area contributed by atoms with E-state index in [1.54, 1.807) is 48.6 Å². The number of benzene rings is 3. The largest absolute Gasteiger partial charge is 0.497 e. The van der Waals surface area contributed by atoms with Crippen molar-refractivity contribution in [3.63, 3.8) is 0 Å². The van der Waals surface area contributed by atoms with Crippen LogP contribution in [0.3, 0.4) is 0 Å². The molecule has 0 radical (unpaired) electrons. The maximum atomic E-state index is 13.1. The summed E-state index contributed by atoms with van der Waals surface area (Å²) in [5.74, 6) is -0.0936. The average Bonchev–Trinajstić information content (AvgIpc) is 2.86. The normalized spacial score (nSPS) is 11.0. The van der Waals surface area contributed by atoms with Crippen LogP contribution in [0.1, 0.15) is 27.0 Å². The van der Waals surface area contributed by atoms with Crippen LogP contribution in [0.25, 0.3) is 11.6 Å². The first kappa shape index (κ1) is 23.1. The van der Waals surface area contributed by atoms with Crippen molar-refractivity contribution in [1.82, 2.24) is 10.8 Å². The van der Waals surface area contributed by atoms with Crippen LogP contribution in [0.15, 0.2) is 77.7 Å². The van der Waals surface area contributed by atoms with Crippen molar-refractivity contribution < 1.29 is 19.5 Å². The Morgan fingerprint density at radius 2 is 1.56 bits per heavy atom. The maximum absolute atomic E-state index is 13.1. The molecule has 0 aliphatic heterocycles. The van der Waals surface area contributed by atoms with Crippen molar-refractivity contribution in [3.05, 3.63) is 95.1 Å². The van der Waals surface area contributed by atoms with Crippen LogP contribution in [0, 0.1) is 0 Å². The Labute approximate surface area is 191 Å². The maximum Gasteiger partial charge on any atom is 0.274 e. The zero-order valence-corrected chi connectivity index (χ0v) is 18.6. The van der Waals surface area contributed by atoms with Gasteiger partial charge in [0.1, 0.15) is 5.75 Å². The van der Waals surface area contributed by atoms with Gasteiger partial charge in [0.25, 0.3) is 11.8 Å². The lowest BCUT2D eigenvalue weighted by molar-refractivity contribution is -0.115. The lowest BCUT2D eigenvalue weighted by Crippen LogP contribution is -2.24. The molecule has 7 heteroatoms. The van der Waals surface area contributed by atoms with Crippen LogP contribution in [-0.2, 0) is 11.3 Å². The zero-order valence-electron chi connectivity index (χ0n) is 17.8. The molecule has 0 spiro atoms. The molecule has 0 unspecified atom stereocenters. The highest BCUT2D eigenvalue weighted by Gasteiger charge is 2.13. The summed E-state index contributed by atoms with van der Waals surface area (Å²) in [6.45, 7) is 0.290. The highest BCUT2D eigenvalue weighted by Crippen LogP contribution is 2.23. The van der Waals surface area contributed by atoms with Crippen molar-refractivity contribution in [2.45, 2.75) is 11.4 Å². The molecule has 0 saturated carbocycles. The fraction of sp³-hybridized carbons (Fsp3) is 0.120. The third-order valence-electron chi connectivity index (χ3n) is 4.84. The van der Waals surface area contributed by atoms with E-state index in [1.165, 1.54) is 0 Å². The molecule has 3 rings (SSSR count). The lowest BCUT2D eigenvalue weighted by atomic mass is 10.0. The summed E-state index contributed by atoms with van der Waals surface area (Å²) in [5, 5.41) is 11.7. The number of nitrogens with one attached hydrogen (secondary N) is 2. The molecule has 0 fully saturated rings. The van der Waals surface area contributed by atoms with Gasteiger partial charge in [-0.1, -0.05) is 36.4 Å². The van der Waals surface area contributed by atoms with Crippen LogP contribution in [0.2, 0.25) is 0 Å². The van der Waals surface area contributed by atoms with Gasteiger partial charge < -0.3 is 10.1 Å². The van der Waals surface area contributed by atoms with E-state index in [4.69, 9.17) is 9.94 Å². The molecule has 0 saturated heterocycles. The predicted molar refractivity (Wildman–Crippen MR) is 127 cm³/mol. The molecule has 0 aliphatic carbocycles. The Morgan fingerprint density at radius 1 is 0.938 bits per heavy atom. The second-order valence-corrected chi connectivity index (χ2v) is 7.76. The molecule has 3 aromatic carbocycles. The van der Waals surface area contributed by atoms with Gasteiger partial charge in [0.05, 0.1) is 7.11 Å². The zero-order chi connectivity index (χ0) is 22.9. The first-order chi connectivity index (χ1) is 15.5. The summed E-state index contributed by atoms with van der Waals surface area (Å²) < 4.78 is 5.23. The van der Waals surface area contributed by atoms with Crippen LogP contribution >= 0.6 is 11.8 Å².